The van der Waals surface area contributed by atoms with Gasteiger partial charge in [-0.15, -0.1) is 0 Å². The minimum absolute atomic E-state index is 0.0548. The van der Waals surface area contributed by atoms with Gasteiger partial charge in [-0.3, -0.25) is 4.79 Å². The number of halogens is 1. The van der Waals surface area contributed by atoms with Gasteiger partial charge in [-0.05, 0) is 24.1 Å². The Kier molecular flexibility index (Phi) is 5.46. The van der Waals surface area contributed by atoms with Gasteiger partial charge >= 0.3 is 0 Å². The first-order chi connectivity index (χ1) is 11.8. The van der Waals surface area contributed by atoms with Crippen LogP contribution in [0.1, 0.15) is 25.8 Å². The molecule has 2 saturated heterocycles. The monoisotopic (exact) mass is 400 g/mol. The van der Waals surface area contributed by atoms with Crippen LogP contribution in [0.4, 0.5) is 0 Å². The lowest BCUT2D eigenvalue weighted by Gasteiger charge is -2.24. The standard InChI is InChI=1S/C17H21ClN2O3S2/c1-3-11(2)16(21)19-17-20(8-12-4-6-13(18)7-5-12)14-9-25(22,23)10-15(14)24-17/h4-7,11,14-15H,3,8-10H2,1-2H3/t11-,14+,15+/m1/s1. The molecule has 1 aromatic rings. The van der Waals surface area contributed by atoms with Crippen LogP contribution < -0.4 is 0 Å². The van der Waals surface area contributed by atoms with Crippen molar-refractivity contribution in [2.75, 3.05) is 11.5 Å². The van der Waals surface area contributed by atoms with Gasteiger partial charge in [0.05, 0.1) is 17.5 Å². The summed E-state index contributed by atoms with van der Waals surface area (Å²) in [4.78, 5) is 18.6. The molecule has 0 saturated carbocycles. The highest BCUT2D eigenvalue weighted by Crippen LogP contribution is 2.39. The maximum absolute atomic E-state index is 12.3. The van der Waals surface area contributed by atoms with E-state index in [1.807, 2.05) is 43.0 Å². The minimum atomic E-state index is -3.03. The summed E-state index contributed by atoms with van der Waals surface area (Å²) in [5, 5.41) is 1.24. The molecule has 5 nitrogen and oxygen atoms in total. The zero-order valence-corrected chi connectivity index (χ0v) is 16.6. The van der Waals surface area contributed by atoms with E-state index in [0.717, 1.165) is 12.0 Å². The molecule has 2 heterocycles. The average Bonchev–Trinajstić information content (AvgIpc) is 3.01. The highest BCUT2D eigenvalue weighted by atomic mass is 35.5. The Labute approximate surface area is 157 Å². The van der Waals surface area contributed by atoms with Crippen molar-refractivity contribution in [3.05, 3.63) is 34.9 Å². The summed E-state index contributed by atoms with van der Waals surface area (Å²) < 4.78 is 24.0. The van der Waals surface area contributed by atoms with Gasteiger partial charge in [0.15, 0.2) is 15.0 Å². The molecule has 0 spiro atoms. The maximum atomic E-state index is 12.3. The lowest BCUT2D eigenvalue weighted by atomic mass is 10.1. The number of carbonyl (C=O) groups excluding carboxylic acids is 1. The van der Waals surface area contributed by atoms with Crippen molar-refractivity contribution >= 4 is 44.3 Å². The first kappa shape index (κ1) is 18.7. The Balaban J connectivity index is 1.88. The molecule has 0 aromatic heterocycles. The summed E-state index contributed by atoms with van der Waals surface area (Å²) in [6.45, 7) is 4.34. The predicted molar refractivity (Wildman–Crippen MR) is 103 cm³/mol. The molecule has 136 valence electrons. The number of rotatable bonds is 4. The Morgan fingerprint density at radius 3 is 2.68 bits per heavy atom. The van der Waals surface area contributed by atoms with E-state index in [0.29, 0.717) is 16.7 Å². The van der Waals surface area contributed by atoms with Crippen molar-refractivity contribution in [3.8, 4) is 0 Å². The zero-order chi connectivity index (χ0) is 18.2. The molecule has 2 fully saturated rings. The summed E-state index contributed by atoms with van der Waals surface area (Å²) in [5.41, 5.74) is 1.01. The van der Waals surface area contributed by atoms with Gasteiger partial charge in [-0.25, -0.2) is 8.42 Å². The van der Waals surface area contributed by atoms with Crippen molar-refractivity contribution in [2.45, 2.75) is 38.1 Å². The van der Waals surface area contributed by atoms with E-state index < -0.39 is 9.84 Å². The first-order valence-corrected chi connectivity index (χ1v) is 11.4. The molecule has 3 rings (SSSR count). The van der Waals surface area contributed by atoms with Crippen molar-refractivity contribution in [1.29, 1.82) is 0 Å². The van der Waals surface area contributed by atoms with E-state index >= 15 is 0 Å². The molecular weight excluding hydrogens is 380 g/mol. The molecule has 8 heteroatoms. The van der Waals surface area contributed by atoms with Crippen LogP contribution in [0.25, 0.3) is 0 Å². The van der Waals surface area contributed by atoms with Crippen molar-refractivity contribution in [2.24, 2.45) is 10.9 Å². The number of sulfone groups is 1. The summed E-state index contributed by atoms with van der Waals surface area (Å²) >= 11 is 7.36. The van der Waals surface area contributed by atoms with Crippen molar-refractivity contribution in [1.82, 2.24) is 4.90 Å². The van der Waals surface area contributed by atoms with Crippen LogP contribution in [-0.2, 0) is 21.2 Å². The number of nitrogens with zero attached hydrogens (tertiary/aromatic N) is 2. The van der Waals surface area contributed by atoms with Crippen molar-refractivity contribution < 1.29 is 13.2 Å². The fourth-order valence-corrected chi connectivity index (χ4v) is 7.07. The first-order valence-electron chi connectivity index (χ1n) is 8.29. The number of amidine groups is 1. The van der Waals surface area contributed by atoms with Gasteiger partial charge < -0.3 is 4.90 Å². The number of carbonyl (C=O) groups is 1. The Morgan fingerprint density at radius 1 is 1.36 bits per heavy atom. The maximum Gasteiger partial charge on any atom is 0.250 e. The van der Waals surface area contributed by atoms with Crippen LogP contribution in [0.3, 0.4) is 0 Å². The van der Waals surface area contributed by atoms with Gasteiger partial charge in [0.1, 0.15) is 0 Å². The lowest BCUT2D eigenvalue weighted by Crippen LogP contribution is -2.37. The molecule has 0 bridgehead atoms. The Morgan fingerprint density at radius 2 is 2.04 bits per heavy atom. The van der Waals surface area contributed by atoms with Crippen LogP contribution in [0.5, 0.6) is 0 Å². The van der Waals surface area contributed by atoms with Gasteiger partial charge in [0, 0.05) is 22.7 Å². The molecule has 1 amide bonds. The van der Waals surface area contributed by atoms with E-state index in [2.05, 4.69) is 4.99 Å². The fourth-order valence-electron chi connectivity index (χ4n) is 2.99. The van der Waals surface area contributed by atoms with Crippen LogP contribution in [-0.4, -0.2) is 47.2 Å². The highest BCUT2D eigenvalue weighted by Gasteiger charge is 2.48. The minimum Gasteiger partial charge on any atom is -0.342 e. The lowest BCUT2D eigenvalue weighted by molar-refractivity contribution is -0.121. The molecule has 0 aliphatic carbocycles. The van der Waals surface area contributed by atoms with Crippen LogP contribution >= 0.6 is 23.4 Å². The quantitative estimate of drug-likeness (QED) is 0.777. The number of fused-ring (bicyclic) bond motifs is 1. The summed E-state index contributed by atoms with van der Waals surface area (Å²) in [6.07, 6.45) is 0.735. The van der Waals surface area contributed by atoms with Crippen LogP contribution in [0.15, 0.2) is 29.3 Å². The summed E-state index contributed by atoms with van der Waals surface area (Å²) in [5.74, 6) is -0.00581. The van der Waals surface area contributed by atoms with Gasteiger partial charge in [0.2, 0.25) is 0 Å². The number of aliphatic imine (C=N–C) groups is 1. The van der Waals surface area contributed by atoms with Crippen LogP contribution in [0.2, 0.25) is 5.02 Å². The van der Waals surface area contributed by atoms with Crippen molar-refractivity contribution in [3.63, 3.8) is 0 Å². The molecule has 1 aromatic carbocycles. The fraction of sp³-hybridized carbons (Fsp3) is 0.529. The van der Waals surface area contributed by atoms with E-state index in [-0.39, 0.29) is 34.6 Å². The van der Waals surface area contributed by atoms with E-state index in [9.17, 15) is 13.2 Å². The third-order valence-electron chi connectivity index (χ3n) is 4.68. The Hall–Kier alpha value is -1.05. The number of amides is 1. The molecule has 0 radical (unpaired) electrons. The molecule has 0 N–H and O–H groups in total. The number of benzene rings is 1. The largest absolute Gasteiger partial charge is 0.342 e. The predicted octanol–water partition coefficient (Wildman–Crippen LogP) is 2.98. The SMILES string of the molecule is CC[C@@H](C)C(=O)N=C1S[C@H]2CS(=O)(=O)C[C@@H]2N1Cc1ccc(Cl)cc1. The molecule has 0 unspecified atom stereocenters. The third kappa shape index (κ3) is 4.20. The second-order valence-corrected chi connectivity index (χ2v) is 10.4. The smallest absolute Gasteiger partial charge is 0.250 e. The zero-order valence-electron chi connectivity index (χ0n) is 14.2. The summed E-state index contributed by atoms with van der Waals surface area (Å²) in [7, 11) is -3.03. The number of hydrogen-bond donors (Lipinski definition) is 0. The third-order valence-corrected chi connectivity index (χ3v) is 8.18. The number of hydrogen-bond acceptors (Lipinski definition) is 4. The molecule has 2 aliphatic rings. The molecule has 2 aliphatic heterocycles. The molecule has 3 atom stereocenters. The van der Waals surface area contributed by atoms with E-state index in [1.54, 1.807) is 0 Å². The second kappa shape index (κ2) is 7.29. The van der Waals surface area contributed by atoms with Gasteiger partial charge in [-0.1, -0.05) is 49.3 Å². The van der Waals surface area contributed by atoms with Gasteiger partial charge in [0.25, 0.3) is 5.91 Å². The van der Waals surface area contributed by atoms with E-state index in [4.69, 9.17) is 11.6 Å². The topological polar surface area (TPSA) is 66.8 Å². The van der Waals surface area contributed by atoms with Crippen LogP contribution in [0, 0.1) is 5.92 Å². The molecule has 25 heavy (non-hydrogen) atoms. The molecular formula is C17H21ClN2O3S2. The normalized spacial score (nSPS) is 27.5. The van der Waals surface area contributed by atoms with E-state index in [1.165, 1.54) is 11.8 Å². The highest BCUT2D eigenvalue weighted by molar-refractivity contribution is 8.15. The average molecular weight is 401 g/mol. The summed E-state index contributed by atoms with van der Waals surface area (Å²) in [6, 6.07) is 7.32. The number of thioether (sulfide) groups is 1. The second-order valence-electron chi connectivity index (χ2n) is 6.60. The van der Waals surface area contributed by atoms with Gasteiger partial charge in [-0.2, -0.15) is 4.99 Å². The Bertz CT molecular complexity index is 793.